The number of amides is 2. The number of carbonyl (C=O) groups excluding carboxylic acids is 2. The number of hydrogen-bond acceptors (Lipinski definition) is 3. The summed E-state index contributed by atoms with van der Waals surface area (Å²) in [5, 5.41) is 10.5. The summed E-state index contributed by atoms with van der Waals surface area (Å²) < 4.78 is 0. The van der Waals surface area contributed by atoms with Crippen molar-refractivity contribution in [3.8, 4) is 0 Å². The summed E-state index contributed by atoms with van der Waals surface area (Å²) >= 11 is 0. The fraction of sp³-hybridized carbons (Fsp3) is 0.593. The van der Waals surface area contributed by atoms with Gasteiger partial charge in [0.2, 0.25) is 5.91 Å². The molecule has 6 heteroatoms. The van der Waals surface area contributed by atoms with E-state index < -0.39 is 0 Å². The summed E-state index contributed by atoms with van der Waals surface area (Å²) in [6, 6.07) is 7.64. The molecule has 5 aliphatic rings. The van der Waals surface area contributed by atoms with Gasteiger partial charge in [-0.2, -0.15) is 5.10 Å². The van der Waals surface area contributed by atoms with E-state index in [0.717, 1.165) is 46.8 Å². The number of fused-ring (bicyclic) bond motifs is 1. The highest BCUT2D eigenvalue weighted by Crippen LogP contribution is 2.61. The molecule has 2 heterocycles. The van der Waals surface area contributed by atoms with Gasteiger partial charge in [0, 0.05) is 29.9 Å². The molecule has 0 saturated heterocycles. The largest absolute Gasteiger partial charge is 0.330 e. The fourth-order valence-corrected chi connectivity index (χ4v) is 7.89. The van der Waals surface area contributed by atoms with Crippen molar-refractivity contribution < 1.29 is 9.59 Å². The maximum Gasteiger partial charge on any atom is 0.254 e. The first-order valence-corrected chi connectivity index (χ1v) is 12.6. The van der Waals surface area contributed by atoms with Crippen molar-refractivity contribution in [1.82, 2.24) is 15.1 Å². The number of nitrogens with zero attached hydrogens (tertiary/aromatic N) is 2. The predicted octanol–water partition coefficient (Wildman–Crippen LogP) is 5.02. The van der Waals surface area contributed by atoms with Gasteiger partial charge in [0.15, 0.2) is 0 Å². The van der Waals surface area contributed by atoms with E-state index in [0.29, 0.717) is 18.5 Å². The molecule has 1 aromatic heterocycles. The molecule has 1 atom stereocenters. The van der Waals surface area contributed by atoms with Crippen LogP contribution in [-0.4, -0.2) is 33.5 Å². The van der Waals surface area contributed by atoms with Gasteiger partial charge in [-0.05, 0) is 106 Å². The Hall–Kier alpha value is -2.63. The standard InChI is InChI=1S/C27H34N4O2/c1-16-8-24(30-29-16)17(2)31-7-6-21-22(26(31)33)4-3-5-23(21)28-25(32)15-27-12-18-9-19(13-27)11-20(10-18)14-27/h3-5,8,17-20H,6-7,9-15H2,1-2H3,(H,28,32)(H,29,30). The highest BCUT2D eigenvalue weighted by atomic mass is 16.2. The van der Waals surface area contributed by atoms with Crippen molar-refractivity contribution in [2.24, 2.45) is 23.2 Å². The van der Waals surface area contributed by atoms with Crippen LogP contribution < -0.4 is 5.32 Å². The molecule has 2 amide bonds. The second kappa shape index (κ2) is 7.71. The third-order valence-corrected chi connectivity index (χ3v) is 8.87. The molecule has 4 saturated carbocycles. The van der Waals surface area contributed by atoms with E-state index in [-0.39, 0.29) is 23.3 Å². The Kier molecular flexibility index (Phi) is 4.89. The van der Waals surface area contributed by atoms with Crippen LogP contribution in [0.15, 0.2) is 24.3 Å². The minimum Gasteiger partial charge on any atom is -0.330 e. The lowest BCUT2D eigenvalue weighted by atomic mass is 9.49. The Morgan fingerprint density at radius 2 is 1.91 bits per heavy atom. The van der Waals surface area contributed by atoms with E-state index in [4.69, 9.17) is 0 Å². The van der Waals surface area contributed by atoms with E-state index in [9.17, 15) is 9.59 Å². The maximum absolute atomic E-state index is 13.4. The Balaban J connectivity index is 1.18. The highest BCUT2D eigenvalue weighted by Gasteiger charge is 2.51. The van der Waals surface area contributed by atoms with Gasteiger partial charge in [-0.15, -0.1) is 0 Å². The number of benzene rings is 1. The van der Waals surface area contributed by atoms with Gasteiger partial charge in [0.05, 0.1) is 11.7 Å². The summed E-state index contributed by atoms with van der Waals surface area (Å²) in [5.41, 5.74) is 4.58. The molecule has 4 aliphatic carbocycles. The normalized spacial score (nSPS) is 30.9. The van der Waals surface area contributed by atoms with E-state index >= 15 is 0 Å². The van der Waals surface area contributed by atoms with Crippen LogP contribution in [0.25, 0.3) is 0 Å². The minimum atomic E-state index is -0.0927. The molecule has 33 heavy (non-hydrogen) atoms. The number of H-pyrrole nitrogens is 1. The van der Waals surface area contributed by atoms with Crippen molar-refractivity contribution in [2.45, 2.75) is 71.3 Å². The summed E-state index contributed by atoms with van der Waals surface area (Å²) in [4.78, 5) is 28.4. The quantitative estimate of drug-likeness (QED) is 0.677. The Labute approximate surface area is 195 Å². The average molecular weight is 447 g/mol. The number of anilines is 1. The van der Waals surface area contributed by atoms with Gasteiger partial charge in [-0.1, -0.05) is 6.07 Å². The Bertz CT molecular complexity index is 1070. The zero-order valence-electron chi connectivity index (χ0n) is 19.7. The number of aromatic nitrogens is 2. The van der Waals surface area contributed by atoms with Crippen LogP contribution in [0.2, 0.25) is 0 Å². The second-order valence-corrected chi connectivity index (χ2v) is 11.4. The number of carbonyl (C=O) groups is 2. The Morgan fingerprint density at radius 1 is 1.21 bits per heavy atom. The summed E-state index contributed by atoms with van der Waals surface area (Å²) in [6.45, 7) is 4.62. The molecule has 0 spiro atoms. The van der Waals surface area contributed by atoms with Crippen LogP contribution in [0.3, 0.4) is 0 Å². The second-order valence-electron chi connectivity index (χ2n) is 11.4. The van der Waals surface area contributed by atoms with Gasteiger partial charge in [0.1, 0.15) is 0 Å². The fourth-order valence-electron chi connectivity index (χ4n) is 7.89. The molecule has 1 aromatic carbocycles. The summed E-state index contributed by atoms with van der Waals surface area (Å²) in [5.74, 6) is 2.68. The SMILES string of the molecule is Cc1cc(C(C)N2CCc3c(NC(=O)CC45CC6CC(CC(C6)C4)C5)cccc3C2=O)n[nH]1. The number of nitrogens with one attached hydrogen (secondary N) is 2. The third kappa shape index (κ3) is 3.68. The highest BCUT2D eigenvalue weighted by molar-refractivity contribution is 6.00. The van der Waals surface area contributed by atoms with Crippen LogP contribution >= 0.6 is 0 Å². The third-order valence-electron chi connectivity index (χ3n) is 8.87. The minimum absolute atomic E-state index is 0.0154. The van der Waals surface area contributed by atoms with Crippen LogP contribution in [0.4, 0.5) is 5.69 Å². The zero-order valence-corrected chi connectivity index (χ0v) is 19.7. The van der Waals surface area contributed by atoms with Crippen molar-refractivity contribution in [3.63, 3.8) is 0 Å². The van der Waals surface area contributed by atoms with Gasteiger partial charge < -0.3 is 10.2 Å². The molecular weight excluding hydrogens is 412 g/mol. The first-order chi connectivity index (χ1) is 15.9. The van der Waals surface area contributed by atoms with E-state index in [2.05, 4.69) is 15.5 Å². The monoisotopic (exact) mass is 446 g/mol. The van der Waals surface area contributed by atoms with E-state index in [1.54, 1.807) is 0 Å². The smallest absolute Gasteiger partial charge is 0.254 e. The van der Waals surface area contributed by atoms with Gasteiger partial charge in [-0.25, -0.2) is 0 Å². The molecule has 174 valence electrons. The molecule has 2 aromatic rings. The van der Waals surface area contributed by atoms with Gasteiger partial charge in [-0.3, -0.25) is 14.7 Å². The molecule has 6 nitrogen and oxygen atoms in total. The van der Waals surface area contributed by atoms with Crippen molar-refractivity contribution in [1.29, 1.82) is 0 Å². The molecule has 4 bridgehead atoms. The first kappa shape index (κ1) is 20.9. The topological polar surface area (TPSA) is 78.1 Å². The lowest BCUT2D eigenvalue weighted by molar-refractivity contribution is -0.124. The molecule has 4 fully saturated rings. The van der Waals surface area contributed by atoms with Gasteiger partial charge >= 0.3 is 0 Å². The molecule has 1 unspecified atom stereocenters. The lowest BCUT2D eigenvalue weighted by Gasteiger charge is -2.56. The van der Waals surface area contributed by atoms with E-state index in [1.807, 2.05) is 43.0 Å². The first-order valence-electron chi connectivity index (χ1n) is 12.6. The van der Waals surface area contributed by atoms with Crippen LogP contribution in [0, 0.1) is 30.1 Å². The maximum atomic E-state index is 13.4. The average Bonchev–Trinajstić information content (AvgIpc) is 3.19. The lowest BCUT2D eigenvalue weighted by Crippen LogP contribution is -2.47. The zero-order chi connectivity index (χ0) is 22.7. The van der Waals surface area contributed by atoms with Crippen LogP contribution in [0.1, 0.15) is 85.2 Å². The molecule has 2 N–H and O–H groups in total. The number of hydrogen-bond donors (Lipinski definition) is 2. The molecule has 0 radical (unpaired) electrons. The number of rotatable bonds is 5. The molecule has 1 aliphatic heterocycles. The molecule has 7 rings (SSSR count). The van der Waals surface area contributed by atoms with Crippen molar-refractivity contribution in [2.75, 3.05) is 11.9 Å². The number of aryl methyl sites for hydroxylation is 1. The summed E-state index contributed by atoms with van der Waals surface area (Å²) in [7, 11) is 0. The van der Waals surface area contributed by atoms with E-state index in [1.165, 1.54) is 38.5 Å². The molecular formula is C27H34N4O2. The van der Waals surface area contributed by atoms with Gasteiger partial charge in [0.25, 0.3) is 5.91 Å². The number of aromatic amines is 1. The van der Waals surface area contributed by atoms with Crippen molar-refractivity contribution >= 4 is 17.5 Å². The van der Waals surface area contributed by atoms with Crippen molar-refractivity contribution in [3.05, 3.63) is 46.8 Å². The summed E-state index contributed by atoms with van der Waals surface area (Å²) in [6.07, 6.45) is 9.25. The predicted molar refractivity (Wildman–Crippen MR) is 127 cm³/mol. The Morgan fingerprint density at radius 3 is 2.55 bits per heavy atom. The van der Waals surface area contributed by atoms with Crippen LogP contribution in [0.5, 0.6) is 0 Å². The van der Waals surface area contributed by atoms with Crippen LogP contribution in [-0.2, 0) is 11.2 Å².